The number of hydrogen-bond donors (Lipinski definition) is 1. The normalized spacial score (nSPS) is 11.5. The van der Waals surface area contributed by atoms with Crippen LogP contribution >= 0.6 is 11.3 Å². The molecule has 1 aromatic heterocycles. The maximum Gasteiger partial charge on any atom is 0.264 e. The molecule has 0 spiro atoms. The van der Waals surface area contributed by atoms with Crippen LogP contribution in [-0.4, -0.2) is 26.4 Å². The van der Waals surface area contributed by atoms with Gasteiger partial charge in [-0.1, -0.05) is 35.1 Å². The summed E-state index contributed by atoms with van der Waals surface area (Å²) in [4.78, 5) is 16.9. The van der Waals surface area contributed by atoms with E-state index in [0.717, 1.165) is 16.9 Å². The number of anilines is 2. The maximum atomic E-state index is 13.4. The quantitative estimate of drug-likeness (QED) is 0.468. The lowest BCUT2D eigenvalue weighted by atomic mass is 10.2. The summed E-state index contributed by atoms with van der Waals surface area (Å²) >= 11 is 1.14. The fourth-order valence-electron chi connectivity index (χ4n) is 2.97. The lowest BCUT2D eigenvalue weighted by Crippen LogP contribution is -2.26. The molecular weight excluding hydrogens is 437 g/mol. The van der Waals surface area contributed by atoms with Crippen molar-refractivity contribution in [1.29, 1.82) is 0 Å². The van der Waals surface area contributed by atoms with Crippen molar-refractivity contribution in [2.24, 2.45) is 0 Å². The van der Waals surface area contributed by atoms with E-state index in [1.807, 2.05) is 19.1 Å². The minimum Gasteiger partial charge on any atom is -0.298 e. The van der Waals surface area contributed by atoms with Gasteiger partial charge in [0.15, 0.2) is 5.13 Å². The zero-order chi connectivity index (χ0) is 22.2. The van der Waals surface area contributed by atoms with Gasteiger partial charge in [-0.3, -0.25) is 14.4 Å². The first-order valence-corrected chi connectivity index (χ1v) is 11.5. The van der Waals surface area contributed by atoms with Crippen LogP contribution in [0.2, 0.25) is 0 Å². The van der Waals surface area contributed by atoms with Gasteiger partial charge in [0.05, 0.1) is 20.8 Å². The van der Waals surface area contributed by atoms with Crippen LogP contribution in [0, 0.1) is 12.7 Å². The van der Waals surface area contributed by atoms with Gasteiger partial charge >= 0.3 is 0 Å². The number of hydrogen-bond acceptors (Lipinski definition) is 5. The molecule has 1 N–H and O–H groups in total. The second-order valence-corrected chi connectivity index (χ2v) is 9.92. The molecule has 1 amide bonds. The lowest BCUT2D eigenvalue weighted by Gasteiger charge is -2.20. The number of nitrogens with zero attached hydrogens (tertiary/aromatic N) is 2. The van der Waals surface area contributed by atoms with Crippen LogP contribution in [0.1, 0.15) is 15.9 Å². The topological polar surface area (TPSA) is 79.4 Å². The Hall–Kier alpha value is -3.30. The van der Waals surface area contributed by atoms with Gasteiger partial charge in [-0.2, -0.15) is 0 Å². The minimum atomic E-state index is -3.86. The van der Waals surface area contributed by atoms with Gasteiger partial charge in [0.1, 0.15) is 5.82 Å². The standard InChI is InChI=1S/C22H18FN3O3S2/c1-14-6-9-17(10-7-14)26(2)31(28,29)18-5-3-4-15(12-18)21(27)25-22-24-19-11-8-16(23)13-20(19)30-22/h3-13H,1-2H3,(H,24,25,27). The van der Waals surface area contributed by atoms with E-state index in [2.05, 4.69) is 10.3 Å². The van der Waals surface area contributed by atoms with E-state index in [1.165, 1.54) is 53.8 Å². The Balaban J connectivity index is 1.59. The molecule has 6 nitrogen and oxygen atoms in total. The number of thiazole rings is 1. The van der Waals surface area contributed by atoms with Crippen molar-refractivity contribution in [2.75, 3.05) is 16.7 Å². The molecule has 0 aliphatic carbocycles. The number of nitrogens with one attached hydrogen (secondary N) is 1. The molecule has 4 aromatic rings. The van der Waals surface area contributed by atoms with E-state index < -0.39 is 15.9 Å². The molecule has 0 aliphatic heterocycles. The van der Waals surface area contributed by atoms with Gasteiger partial charge < -0.3 is 0 Å². The number of sulfonamides is 1. The van der Waals surface area contributed by atoms with Gasteiger partial charge in [0, 0.05) is 12.6 Å². The highest BCUT2D eigenvalue weighted by atomic mass is 32.2. The van der Waals surface area contributed by atoms with Crippen LogP contribution in [0.15, 0.2) is 71.6 Å². The van der Waals surface area contributed by atoms with Crippen LogP contribution in [-0.2, 0) is 10.0 Å². The fourth-order valence-corrected chi connectivity index (χ4v) is 5.10. The number of rotatable bonds is 5. The van der Waals surface area contributed by atoms with Crippen molar-refractivity contribution < 1.29 is 17.6 Å². The highest BCUT2D eigenvalue weighted by Crippen LogP contribution is 2.27. The zero-order valence-corrected chi connectivity index (χ0v) is 18.3. The van der Waals surface area contributed by atoms with Gasteiger partial charge in [-0.25, -0.2) is 17.8 Å². The summed E-state index contributed by atoms with van der Waals surface area (Å²) in [6, 6.07) is 17.1. The molecule has 1 heterocycles. The van der Waals surface area contributed by atoms with Crippen LogP contribution in [0.4, 0.5) is 15.2 Å². The summed E-state index contributed by atoms with van der Waals surface area (Å²) in [5.41, 5.74) is 2.27. The predicted molar refractivity (Wildman–Crippen MR) is 121 cm³/mol. The van der Waals surface area contributed by atoms with Gasteiger partial charge in [-0.05, 0) is 55.5 Å². The Labute approximate surface area is 183 Å². The number of fused-ring (bicyclic) bond motifs is 1. The van der Waals surface area contributed by atoms with E-state index in [-0.39, 0.29) is 16.3 Å². The van der Waals surface area contributed by atoms with Crippen molar-refractivity contribution in [3.8, 4) is 0 Å². The van der Waals surface area contributed by atoms with Crippen molar-refractivity contribution in [3.05, 3.63) is 83.7 Å². The van der Waals surface area contributed by atoms with Crippen LogP contribution < -0.4 is 9.62 Å². The Morgan fingerprint density at radius 1 is 1.06 bits per heavy atom. The number of carbonyl (C=O) groups is 1. The summed E-state index contributed by atoms with van der Waals surface area (Å²) < 4.78 is 41.2. The van der Waals surface area contributed by atoms with E-state index >= 15 is 0 Å². The molecule has 0 saturated heterocycles. The summed E-state index contributed by atoms with van der Waals surface area (Å²) in [7, 11) is -2.40. The molecule has 31 heavy (non-hydrogen) atoms. The first kappa shape index (κ1) is 21.0. The molecule has 158 valence electrons. The summed E-state index contributed by atoms with van der Waals surface area (Å²) in [5.74, 6) is -0.890. The van der Waals surface area contributed by atoms with Crippen molar-refractivity contribution in [2.45, 2.75) is 11.8 Å². The number of amides is 1. The summed E-state index contributed by atoms with van der Waals surface area (Å²) in [5, 5.41) is 2.95. The first-order valence-electron chi connectivity index (χ1n) is 9.27. The zero-order valence-electron chi connectivity index (χ0n) is 16.7. The molecule has 0 aliphatic rings. The third kappa shape index (κ3) is 4.28. The third-order valence-corrected chi connectivity index (χ3v) is 7.44. The van der Waals surface area contributed by atoms with E-state index in [9.17, 15) is 17.6 Å². The molecule has 0 saturated carbocycles. The number of aromatic nitrogens is 1. The molecule has 3 aromatic carbocycles. The molecule has 4 rings (SSSR count). The van der Waals surface area contributed by atoms with Crippen molar-refractivity contribution >= 4 is 48.3 Å². The maximum absolute atomic E-state index is 13.4. The van der Waals surface area contributed by atoms with Crippen LogP contribution in [0.5, 0.6) is 0 Å². The first-order chi connectivity index (χ1) is 14.7. The van der Waals surface area contributed by atoms with Crippen molar-refractivity contribution in [3.63, 3.8) is 0 Å². The third-order valence-electron chi connectivity index (χ3n) is 4.72. The number of aryl methyl sites for hydroxylation is 1. The highest BCUT2D eigenvalue weighted by molar-refractivity contribution is 7.92. The predicted octanol–water partition coefficient (Wildman–Crippen LogP) is 4.82. The molecule has 0 atom stereocenters. The second kappa shape index (κ2) is 8.09. The van der Waals surface area contributed by atoms with Gasteiger partial charge in [0.2, 0.25) is 0 Å². The van der Waals surface area contributed by atoms with Crippen LogP contribution in [0.3, 0.4) is 0 Å². The smallest absolute Gasteiger partial charge is 0.264 e. The molecular formula is C22H18FN3O3S2. The summed E-state index contributed by atoms with van der Waals surface area (Å²) in [6.45, 7) is 1.92. The Kier molecular flexibility index (Phi) is 5.47. The average Bonchev–Trinajstić information content (AvgIpc) is 3.15. The SMILES string of the molecule is Cc1ccc(N(C)S(=O)(=O)c2cccc(C(=O)Nc3nc4ccc(F)cc4s3)c2)cc1. The van der Waals surface area contributed by atoms with Crippen LogP contribution in [0.25, 0.3) is 10.2 Å². The van der Waals surface area contributed by atoms with E-state index in [1.54, 1.807) is 12.1 Å². The molecule has 0 bridgehead atoms. The Morgan fingerprint density at radius 2 is 1.81 bits per heavy atom. The number of carbonyl (C=O) groups excluding carboxylic acids is 1. The highest BCUT2D eigenvalue weighted by Gasteiger charge is 2.22. The van der Waals surface area contributed by atoms with Crippen molar-refractivity contribution in [1.82, 2.24) is 4.98 Å². The fraction of sp³-hybridized carbons (Fsp3) is 0.0909. The van der Waals surface area contributed by atoms with E-state index in [0.29, 0.717) is 21.0 Å². The molecule has 0 radical (unpaired) electrons. The molecule has 0 fully saturated rings. The monoisotopic (exact) mass is 455 g/mol. The number of benzene rings is 3. The lowest BCUT2D eigenvalue weighted by molar-refractivity contribution is 0.102. The second-order valence-electron chi connectivity index (χ2n) is 6.92. The van der Waals surface area contributed by atoms with Gasteiger partial charge in [-0.15, -0.1) is 0 Å². The van der Waals surface area contributed by atoms with E-state index in [4.69, 9.17) is 0 Å². The Bertz CT molecular complexity index is 1380. The Morgan fingerprint density at radius 3 is 2.55 bits per heavy atom. The minimum absolute atomic E-state index is 0.00500. The molecule has 0 unspecified atom stereocenters. The average molecular weight is 456 g/mol. The molecule has 9 heteroatoms. The number of halogens is 1. The summed E-state index contributed by atoms with van der Waals surface area (Å²) in [6.07, 6.45) is 0. The largest absolute Gasteiger partial charge is 0.298 e. The van der Waals surface area contributed by atoms with Gasteiger partial charge in [0.25, 0.3) is 15.9 Å².